The number of carbonyl (C=O) groups excluding carboxylic acids is 1. The molecule has 3 heterocycles. The number of rotatable bonds is 3. The Balaban J connectivity index is 1.44. The number of halogens is 1. The second-order valence-corrected chi connectivity index (χ2v) is 7.79. The van der Waals surface area contributed by atoms with E-state index in [-0.39, 0.29) is 23.2 Å². The van der Waals surface area contributed by atoms with Gasteiger partial charge >= 0.3 is 0 Å². The maximum absolute atomic E-state index is 12.9. The molecule has 2 bridgehead atoms. The molecule has 1 aromatic heterocycles. The highest BCUT2D eigenvalue weighted by atomic mass is 32.2. The quantitative estimate of drug-likeness (QED) is 0.793. The molecule has 130 valence electrons. The molecule has 2 aliphatic rings. The summed E-state index contributed by atoms with van der Waals surface area (Å²) in [7, 11) is 0. The summed E-state index contributed by atoms with van der Waals surface area (Å²) in [4.78, 5) is 27.5. The van der Waals surface area contributed by atoms with Crippen LogP contribution in [-0.4, -0.2) is 34.2 Å². The Morgan fingerprint density at radius 1 is 1.12 bits per heavy atom. The molecule has 2 aromatic rings. The van der Waals surface area contributed by atoms with Crippen LogP contribution in [-0.2, 0) is 11.3 Å². The Morgan fingerprint density at radius 3 is 2.72 bits per heavy atom. The summed E-state index contributed by atoms with van der Waals surface area (Å²) in [5.41, 5.74) is 1.10. The molecule has 2 unspecified atom stereocenters. The molecule has 0 aliphatic carbocycles. The summed E-state index contributed by atoms with van der Waals surface area (Å²) < 4.78 is 14.8. The van der Waals surface area contributed by atoms with Gasteiger partial charge in [0.25, 0.3) is 5.56 Å². The number of likely N-dealkylation sites (tertiary alicyclic amines) is 1. The number of fused-ring (bicyclic) bond motifs is 4. The van der Waals surface area contributed by atoms with Crippen LogP contribution in [0.25, 0.3) is 0 Å². The number of hydrogen-bond acceptors (Lipinski definition) is 3. The van der Waals surface area contributed by atoms with Gasteiger partial charge in [0.15, 0.2) is 0 Å². The van der Waals surface area contributed by atoms with E-state index in [2.05, 4.69) is 0 Å². The van der Waals surface area contributed by atoms with Crippen LogP contribution in [0.1, 0.15) is 18.0 Å². The van der Waals surface area contributed by atoms with Crippen LogP contribution in [0.3, 0.4) is 0 Å². The van der Waals surface area contributed by atoms with Gasteiger partial charge in [0.05, 0.1) is 5.75 Å². The van der Waals surface area contributed by atoms with E-state index in [4.69, 9.17) is 0 Å². The number of benzene rings is 1. The van der Waals surface area contributed by atoms with Gasteiger partial charge in [-0.15, -0.1) is 11.8 Å². The number of aromatic nitrogens is 1. The van der Waals surface area contributed by atoms with Crippen LogP contribution in [0, 0.1) is 11.7 Å². The van der Waals surface area contributed by atoms with E-state index in [1.54, 1.807) is 24.3 Å². The zero-order valence-electron chi connectivity index (χ0n) is 13.7. The Kier molecular flexibility index (Phi) is 4.37. The van der Waals surface area contributed by atoms with Gasteiger partial charge in [-0.25, -0.2) is 4.39 Å². The minimum Gasteiger partial charge on any atom is -0.341 e. The zero-order chi connectivity index (χ0) is 17.4. The minimum absolute atomic E-state index is 0.0545. The number of thioether (sulfide) groups is 1. The van der Waals surface area contributed by atoms with E-state index in [1.165, 1.54) is 23.9 Å². The molecule has 2 aliphatic heterocycles. The molecule has 4 rings (SSSR count). The predicted octanol–water partition coefficient (Wildman–Crippen LogP) is 2.73. The van der Waals surface area contributed by atoms with Gasteiger partial charge in [0, 0.05) is 42.2 Å². The first-order chi connectivity index (χ1) is 12.1. The number of nitrogens with zero attached hydrogens (tertiary/aromatic N) is 2. The zero-order valence-corrected chi connectivity index (χ0v) is 14.5. The first kappa shape index (κ1) is 16.4. The fourth-order valence-corrected chi connectivity index (χ4v) is 4.67. The Bertz CT molecular complexity index is 849. The molecule has 0 saturated carbocycles. The van der Waals surface area contributed by atoms with Gasteiger partial charge in [0.1, 0.15) is 5.82 Å². The van der Waals surface area contributed by atoms with Gasteiger partial charge in [-0.3, -0.25) is 9.59 Å². The topological polar surface area (TPSA) is 42.3 Å². The molecule has 1 saturated heterocycles. The average molecular weight is 358 g/mol. The minimum atomic E-state index is -0.270. The number of pyridine rings is 1. The van der Waals surface area contributed by atoms with E-state index < -0.39 is 0 Å². The van der Waals surface area contributed by atoms with E-state index in [9.17, 15) is 14.0 Å². The Labute approximate surface area is 149 Å². The number of amides is 1. The summed E-state index contributed by atoms with van der Waals surface area (Å²) in [6, 6.07) is 11.6. The fraction of sp³-hybridized carbons (Fsp3) is 0.368. The first-order valence-electron chi connectivity index (χ1n) is 8.46. The van der Waals surface area contributed by atoms with Crippen LogP contribution in [0.4, 0.5) is 4.39 Å². The fourth-order valence-electron chi connectivity index (χ4n) is 3.87. The van der Waals surface area contributed by atoms with Gasteiger partial charge < -0.3 is 9.47 Å². The standard InChI is InChI=1S/C19H19FN2O2S/c20-15-4-6-16(7-5-15)25-12-19(24)21-9-13-8-14(11-21)17-2-1-3-18(23)22(17)10-13/h1-7,13-14H,8-12H2. The largest absolute Gasteiger partial charge is 0.341 e. The third kappa shape index (κ3) is 3.35. The molecule has 6 heteroatoms. The third-order valence-corrected chi connectivity index (χ3v) is 6.01. The SMILES string of the molecule is O=C(CSc1ccc(F)cc1)N1CC2CC(C1)c1cccc(=O)n1C2. The van der Waals surface area contributed by atoms with Crippen LogP contribution >= 0.6 is 11.8 Å². The van der Waals surface area contributed by atoms with Crippen molar-refractivity contribution < 1.29 is 9.18 Å². The van der Waals surface area contributed by atoms with Crippen molar-refractivity contribution in [1.82, 2.24) is 9.47 Å². The van der Waals surface area contributed by atoms with Crippen molar-refractivity contribution in [2.45, 2.75) is 23.8 Å². The van der Waals surface area contributed by atoms with Crippen molar-refractivity contribution in [1.29, 1.82) is 0 Å². The van der Waals surface area contributed by atoms with Crippen LogP contribution in [0.15, 0.2) is 52.2 Å². The predicted molar refractivity (Wildman–Crippen MR) is 95.3 cm³/mol. The Hall–Kier alpha value is -2.08. The van der Waals surface area contributed by atoms with Gasteiger partial charge in [-0.2, -0.15) is 0 Å². The van der Waals surface area contributed by atoms with Crippen LogP contribution < -0.4 is 5.56 Å². The highest BCUT2D eigenvalue weighted by molar-refractivity contribution is 8.00. The molecule has 1 amide bonds. The third-order valence-electron chi connectivity index (χ3n) is 5.01. The lowest BCUT2D eigenvalue weighted by molar-refractivity contribution is -0.131. The summed E-state index contributed by atoms with van der Waals surface area (Å²) in [5, 5.41) is 0. The van der Waals surface area contributed by atoms with E-state index in [1.807, 2.05) is 15.5 Å². The molecule has 0 spiro atoms. The van der Waals surface area contributed by atoms with Crippen molar-refractivity contribution in [3.05, 3.63) is 64.3 Å². The molecule has 0 N–H and O–H groups in total. The Morgan fingerprint density at radius 2 is 1.92 bits per heavy atom. The number of carbonyl (C=O) groups is 1. The summed E-state index contributed by atoms with van der Waals surface area (Å²) in [5.74, 6) is 0.767. The molecule has 25 heavy (non-hydrogen) atoms. The number of hydrogen-bond donors (Lipinski definition) is 0. The molecule has 4 nitrogen and oxygen atoms in total. The monoisotopic (exact) mass is 358 g/mol. The maximum Gasteiger partial charge on any atom is 0.250 e. The van der Waals surface area contributed by atoms with Crippen LogP contribution in [0.2, 0.25) is 0 Å². The van der Waals surface area contributed by atoms with Gasteiger partial charge in [-0.05, 0) is 42.7 Å². The summed E-state index contributed by atoms with van der Waals surface area (Å²) in [6.45, 7) is 2.07. The molecule has 0 radical (unpaired) electrons. The smallest absolute Gasteiger partial charge is 0.250 e. The van der Waals surface area contributed by atoms with Crippen molar-refractivity contribution in [3.63, 3.8) is 0 Å². The van der Waals surface area contributed by atoms with Crippen molar-refractivity contribution >= 4 is 17.7 Å². The average Bonchev–Trinajstić information content (AvgIpc) is 2.62. The number of piperidine rings is 1. The van der Waals surface area contributed by atoms with E-state index in [0.717, 1.165) is 17.0 Å². The second-order valence-electron chi connectivity index (χ2n) is 6.74. The van der Waals surface area contributed by atoms with Crippen LogP contribution in [0.5, 0.6) is 0 Å². The van der Waals surface area contributed by atoms with Gasteiger partial charge in [-0.1, -0.05) is 6.07 Å². The molecule has 2 atom stereocenters. The van der Waals surface area contributed by atoms with E-state index >= 15 is 0 Å². The lowest BCUT2D eigenvalue weighted by atomic mass is 9.83. The molecule has 1 aromatic carbocycles. The normalized spacial score (nSPS) is 21.7. The summed E-state index contributed by atoms with van der Waals surface area (Å²) in [6.07, 6.45) is 1.04. The lowest BCUT2D eigenvalue weighted by Crippen LogP contribution is -2.49. The molecular weight excluding hydrogens is 339 g/mol. The van der Waals surface area contributed by atoms with Crippen molar-refractivity contribution in [2.24, 2.45) is 5.92 Å². The van der Waals surface area contributed by atoms with Crippen molar-refractivity contribution in [2.75, 3.05) is 18.8 Å². The second kappa shape index (κ2) is 6.67. The molecular formula is C19H19FN2O2S. The molecule has 1 fully saturated rings. The first-order valence-corrected chi connectivity index (χ1v) is 9.44. The van der Waals surface area contributed by atoms with Gasteiger partial charge in [0.2, 0.25) is 5.91 Å². The lowest BCUT2D eigenvalue weighted by Gasteiger charge is -2.42. The highest BCUT2D eigenvalue weighted by Crippen LogP contribution is 2.35. The highest BCUT2D eigenvalue weighted by Gasteiger charge is 2.35. The van der Waals surface area contributed by atoms with E-state index in [0.29, 0.717) is 31.3 Å². The summed E-state index contributed by atoms with van der Waals surface area (Å²) >= 11 is 1.43. The maximum atomic E-state index is 12.9. The van der Waals surface area contributed by atoms with Crippen molar-refractivity contribution in [3.8, 4) is 0 Å².